The Labute approximate surface area is 113 Å². The van der Waals surface area contributed by atoms with Crippen molar-refractivity contribution in [3.05, 3.63) is 29.3 Å². The molecule has 5 nitrogen and oxygen atoms in total. The number of amides is 2. The molecule has 0 heterocycles. The van der Waals surface area contributed by atoms with Gasteiger partial charge in [0, 0.05) is 30.3 Å². The Balaban J connectivity index is 2.91. The van der Waals surface area contributed by atoms with Gasteiger partial charge in [-0.25, -0.2) is 0 Å². The van der Waals surface area contributed by atoms with Crippen LogP contribution in [0.2, 0.25) is 0 Å². The molecule has 0 saturated carbocycles. The Hall–Kier alpha value is -1.88. The monoisotopic (exact) mass is 263 g/mol. The van der Waals surface area contributed by atoms with E-state index in [9.17, 15) is 9.59 Å². The summed E-state index contributed by atoms with van der Waals surface area (Å²) in [5, 5.41) is 5.36. The van der Waals surface area contributed by atoms with E-state index >= 15 is 0 Å². The number of nitrogens with two attached hydrogens (primary N) is 1. The highest BCUT2D eigenvalue weighted by atomic mass is 16.2. The Morgan fingerprint density at radius 1 is 1.32 bits per heavy atom. The molecule has 0 fully saturated rings. The van der Waals surface area contributed by atoms with E-state index in [-0.39, 0.29) is 18.2 Å². The van der Waals surface area contributed by atoms with E-state index in [1.54, 1.807) is 46.0 Å². The first-order valence-corrected chi connectivity index (χ1v) is 6.15. The number of carbonyl (C=O) groups excluding carboxylic acids is 2. The average molecular weight is 263 g/mol. The van der Waals surface area contributed by atoms with Gasteiger partial charge in [0.25, 0.3) is 5.91 Å². The minimum Gasteiger partial charge on any atom is -0.355 e. The van der Waals surface area contributed by atoms with Crippen LogP contribution in [-0.2, 0) is 4.79 Å². The summed E-state index contributed by atoms with van der Waals surface area (Å²) in [5.74, 6) is -0.336. The Kier molecular flexibility index (Phi) is 4.67. The topological polar surface area (TPSA) is 84.2 Å². The Morgan fingerprint density at radius 2 is 1.95 bits per heavy atom. The third kappa shape index (κ3) is 4.37. The van der Waals surface area contributed by atoms with Crippen molar-refractivity contribution in [2.75, 3.05) is 12.4 Å². The highest BCUT2D eigenvalue weighted by Crippen LogP contribution is 2.19. The molecule has 0 aliphatic carbocycles. The van der Waals surface area contributed by atoms with Crippen LogP contribution >= 0.6 is 0 Å². The molecule has 0 atom stereocenters. The second kappa shape index (κ2) is 5.84. The van der Waals surface area contributed by atoms with E-state index in [4.69, 9.17) is 5.73 Å². The maximum Gasteiger partial charge on any atom is 0.251 e. The summed E-state index contributed by atoms with van der Waals surface area (Å²) >= 11 is 0. The van der Waals surface area contributed by atoms with Crippen molar-refractivity contribution >= 4 is 17.5 Å². The van der Waals surface area contributed by atoms with Crippen molar-refractivity contribution in [3.8, 4) is 0 Å². The van der Waals surface area contributed by atoms with Crippen LogP contribution in [0.3, 0.4) is 0 Å². The summed E-state index contributed by atoms with van der Waals surface area (Å²) in [5.41, 5.74) is 7.17. The molecule has 0 aliphatic rings. The van der Waals surface area contributed by atoms with E-state index in [1.165, 1.54) is 0 Å². The molecule has 1 aromatic rings. The first-order valence-electron chi connectivity index (χ1n) is 6.15. The molecule has 0 spiro atoms. The number of rotatable bonds is 4. The largest absolute Gasteiger partial charge is 0.355 e. The highest BCUT2D eigenvalue weighted by Gasteiger charge is 2.18. The van der Waals surface area contributed by atoms with Crippen LogP contribution in [0.15, 0.2) is 18.2 Å². The predicted octanol–water partition coefficient (Wildman–Crippen LogP) is 1.42. The lowest BCUT2D eigenvalue weighted by Crippen LogP contribution is -2.36. The zero-order chi connectivity index (χ0) is 14.6. The summed E-state index contributed by atoms with van der Waals surface area (Å²) in [6.45, 7) is 5.38. The molecule has 1 aromatic carbocycles. The summed E-state index contributed by atoms with van der Waals surface area (Å²) in [6, 6.07) is 5.22. The molecule has 0 aromatic heterocycles. The number of carbonyl (C=O) groups is 2. The summed E-state index contributed by atoms with van der Waals surface area (Å²) in [4.78, 5) is 23.5. The molecular formula is C14H21N3O2. The Morgan fingerprint density at radius 3 is 2.47 bits per heavy atom. The second-order valence-electron chi connectivity index (χ2n) is 5.27. The first kappa shape index (κ1) is 15.2. The highest BCUT2D eigenvalue weighted by molar-refractivity contribution is 5.99. The number of hydrogen-bond donors (Lipinski definition) is 3. The minimum atomic E-state index is -0.559. The molecule has 2 amide bonds. The third-order valence-corrected chi connectivity index (χ3v) is 2.70. The lowest BCUT2D eigenvalue weighted by molar-refractivity contribution is -0.117. The zero-order valence-corrected chi connectivity index (χ0v) is 11.8. The maximum absolute atomic E-state index is 11.8. The van der Waals surface area contributed by atoms with E-state index in [2.05, 4.69) is 10.6 Å². The lowest BCUT2D eigenvalue weighted by Gasteiger charge is -2.18. The van der Waals surface area contributed by atoms with Gasteiger partial charge in [-0.1, -0.05) is 6.07 Å². The molecule has 19 heavy (non-hydrogen) atoms. The van der Waals surface area contributed by atoms with Crippen LogP contribution in [0.4, 0.5) is 5.69 Å². The average Bonchev–Trinajstić information content (AvgIpc) is 2.28. The van der Waals surface area contributed by atoms with Gasteiger partial charge in [0.15, 0.2) is 0 Å². The molecule has 0 saturated heterocycles. The van der Waals surface area contributed by atoms with E-state index < -0.39 is 5.54 Å². The van der Waals surface area contributed by atoms with Crippen LogP contribution < -0.4 is 16.4 Å². The van der Waals surface area contributed by atoms with Gasteiger partial charge in [0.05, 0.1) is 0 Å². The van der Waals surface area contributed by atoms with Crippen molar-refractivity contribution in [2.24, 2.45) is 5.73 Å². The maximum atomic E-state index is 11.8. The van der Waals surface area contributed by atoms with Gasteiger partial charge in [-0.2, -0.15) is 0 Å². The normalized spacial score (nSPS) is 11.0. The molecule has 0 radical (unpaired) electrons. The molecule has 4 N–H and O–H groups in total. The second-order valence-corrected chi connectivity index (χ2v) is 5.27. The SMILES string of the molecule is CNC(=O)c1cccc(NC(=O)CC(C)(C)N)c1C. The fourth-order valence-electron chi connectivity index (χ4n) is 1.76. The third-order valence-electron chi connectivity index (χ3n) is 2.70. The number of hydrogen-bond acceptors (Lipinski definition) is 3. The predicted molar refractivity (Wildman–Crippen MR) is 76.1 cm³/mol. The zero-order valence-electron chi connectivity index (χ0n) is 11.8. The number of benzene rings is 1. The van der Waals surface area contributed by atoms with E-state index in [0.29, 0.717) is 11.3 Å². The van der Waals surface area contributed by atoms with Crippen LogP contribution in [0.5, 0.6) is 0 Å². The van der Waals surface area contributed by atoms with Gasteiger partial charge in [0.1, 0.15) is 0 Å². The van der Waals surface area contributed by atoms with Crippen LogP contribution in [0.25, 0.3) is 0 Å². The van der Waals surface area contributed by atoms with Crippen molar-refractivity contribution in [1.29, 1.82) is 0 Å². The number of anilines is 1. The van der Waals surface area contributed by atoms with Gasteiger partial charge < -0.3 is 16.4 Å². The minimum absolute atomic E-state index is 0.162. The van der Waals surface area contributed by atoms with Crippen LogP contribution in [-0.4, -0.2) is 24.4 Å². The van der Waals surface area contributed by atoms with Crippen molar-refractivity contribution < 1.29 is 9.59 Å². The van der Waals surface area contributed by atoms with E-state index in [1.807, 2.05) is 0 Å². The van der Waals surface area contributed by atoms with Gasteiger partial charge in [-0.15, -0.1) is 0 Å². The van der Waals surface area contributed by atoms with Crippen LogP contribution in [0.1, 0.15) is 36.2 Å². The molecule has 5 heteroatoms. The molecule has 0 bridgehead atoms. The molecule has 0 aliphatic heterocycles. The standard InChI is InChI=1S/C14H21N3O2/c1-9-10(13(19)16-4)6-5-7-11(9)17-12(18)8-14(2,3)15/h5-7H,8,15H2,1-4H3,(H,16,19)(H,17,18). The van der Waals surface area contributed by atoms with Crippen molar-refractivity contribution in [3.63, 3.8) is 0 Å². The summed E-state index contributed by atoms with van der Waals surface area (Å²) < 4.78 is 0. The van der Waals surface area contributed by atoms with Gasteiger partial charge in [-0.05, 0) is 38.5 Å². The van der Waals surface area contributed by atoms with E-state index in [0.717, 1.165) is 5.56 Å². The van der Waals surface area contributed by atoms with Crippen LogP contribution in [0, 0.1) is 6.92 Å². The quantitative estimate of drug-likeness (QED) is 0.768. The fourth-order valence-corrected chi connectivity index (χ4v) is 1.76. The van der Waals surface area contributed by atoms with Gasteiger partial charge in [-0.3, -0.25) is 9.59 Å². The molecular weight excluding hydrogens is 242 g/mol. The fraction of sp³-hybridized carbons (Fsp3) is 0.429. The summed E-state index contributed by atoms with van der Waals surface area (Å²) in [6.07, 6.45) is 0.219. The number of nitrogens with one attached hydrogen (secondary N) is 2. The van der Waals surface area contributed by atoms with Crippen molar-refractivity contribution in [2.45, 2.75) is 32.7 Å². The molecule has 104 valence electrons. The lowest BCUT2D eigenvalue weighted by atomic mass is 10.0. The van der Waals surface area contributed by atoms with Crippen molar-refractivity contribution in [1.82, 2.24) is 5.32 Å². The Bertz CT molecular complexity index is 490. The molecule has 1 rings (SSSR count). The summed E-state index contributed by atoms with van der Waals surface area (Å²) in [7, 11) is 1.57. The smallest absolute Gasteiger partial charge is 0.251 e. The molecule has 0 unspecified atom stereocenters. The van der Waals surface area contributed by atoms with Gasteiger partial charge >= 0.3 is 0 Å². The van der Waals surface area contributed by atoms with Gasteiger partial charge in [0.2, 0.25) is 5.91 Å². The first-order chi connectivity index (χ1) is 8.74.